The third kappa shape index (κ3) is 7.89. The van der Waals surface area contributed by atoms with E-state index in [1.807, 2.05) is 19.2 Å². The molecule has 0 aliphatic carbocycles. The highest BCUT2D eigenvalue weighted by molar-refractivity contribution is 7.09. The van der Waals surface area contributed by atoms with Crippen LogP contribution in [0.4, 0.5) is 0 Å². The van der Waals surface area contributed by atoms with Gasteiger partial charge in [0, 0.05) is 22.8 Å². The van der Waals surface area contributed by atoms with Crippen molar-refractivity contribution in [2.75, 3.05) is 0 Å². The summed E-state index contributed by atoms with van der Waals surface area (Å²) in [5, 5.41) is 25.1. The van der Waals surface area contributed by atoms with Crippen LogP contribution in [0.2, 0.25) is 0 Å². The molecule has 1 aromatic rings. The first kappa shape index (κ1) is 29.0. The van der Waals surface area contributed by atoms with Crippen molar-refractivity contribution in [2.24, 2.45) is 17.3 Å². The van der Waals surface area contributed by atoms with Crippen LogP contribution in [-0.2, 0) is 14.3 Å². The lowest BCUT2D eigenvalue weighted by molar-refractivity contribution is -0.153. The number of rotatable bonds is 2. The predicted molar refractivity (Wildman–Crippen MR) is 137 cm³/mol. The molecule has 0 aromatic carbocycles. The molecule has 0 saturated heterocycles. The number of hydrogen-bond donors (Lipinski definition) is 2. The Hall–Kier alpha value is -1.25. The van der Waals surface area contributed by atoms with Gasteiger partial charge in [0.25, 0.3) is 0 Å². The molecule has 1 aliphatic rings. The molecule has 0 radical (unpaired) electrons. The van der Waals surface area contributed by atoms with Crippen LogP contribution in [0.15, 0.2) is 21.5 Å². The minimum atomic E-state index is -1.28. The van der Waals surface area contributed by atoms with Crippen LogP contribution in [0.5, 0.6) is 0 Å². The van der Waals surface area contributed by atoms with E-state index < -0.39 is 35.6 Å². The average molecular weight is 533 g/mol. The number of thiazole rings is 1. The molecule has 1 aliphatic heterocycles. The van der Waals surface area contributed by atoms with Gasteiger partial charge >= 0.3 is 5.97 Å². The molecular weight excluding hydrogens is 497 g/mol. The molecule has 190 valence electrons. The number of allylic oxidation sites excluding steroid dienone is 1. The van der Waals surface area contributed by atoms with E-state index in [1.165, 1.54) is 11.3 Å². The van der Waals surface area contributed by atoms with Gasteiger partial charge in [0.15, 0.2) is 0 Å². The summed E-state index contributed by atoms with van der Waals surface area (Å²) in [6.07, 6.45) is 2.38. The number of aliphatic hydroxyl groups excluding tert-OH is 2. The summed E-state index contributed by atoms with van der Waals surface area (Å²) in [6, 6.07) is 0. The van der Waals surface area contributed by atoms with Crippen molar-refractivity contribution in [2.45, 2.75) is 85.0 Å². The van der Waals surface area contributed by atoms with E-state index in [9.17, 15) is 19.8 Å². The van der Waals surface area contributed by atoms with Gasteiger partial charge in [-0.3, -0.25) is 9.59 Å². The van der Waals surface area contributed by atoms with Crippen molar-refractivity contribution in [1.29, 1.82) is 0 Å². The van der Waals surface area contributed by atoms with Crippen LogP contribution in [0.25, 0.3) is 6.08 Å². The van der Waals surface area contributed by atoms with Gasteiger partial charge in [-0.15, -0.1) is 11.3 Å². The van der Waals surface area contributed by atoms with Gasteiger partial charge in [0.2, 0.25) is 0 Å². The van der Waals surface area contributed by atoms with Gasteiger partial charge < -0.3 is 14.9 Å². The molecule has 5 atom stereocenters. The van der Waals surface area contributed by atoms with Crippen LogP contribution < -0.4 is 0 Å². The first-order valence-electron chi connectivity index (χ1n) is 11.6. The highest BCUT2D eigenvalue weighted by Crippen LogP contribution is 2.33. The SMILES string of the molecule is Cc1nc(/C=C(\Cl)[C@@H]2C/C=C(/Cl)CCC[C@H](C)[C@H](O)[C@@H](C)C(=O)C(C)(C)[C@@H](O)CC(=O)O2)cs1. The maximum absolute atomic E-state index is 13.1. The normalized spacial score (nSPS) is 32.1. The number of halogens is 2. The summed E-state index contributed by atoms with van der Waals surface area (Å²) in [7, 11) is 0. The number of esters is 1. The van der Waals surface area contributed by atoms with E-state index >= 15 is 0 Å². The first-order valence-corrected chi connectivity index (χ1v) is 13.2. The molecule has 2 heterocycles. The van der Waals surface area contributed by atoms with Gasteiger partial charge in [0.05, 0.1) is 39.8 Å². The van der Waals surface area contributed by atoms with Crippen molar-refractivity contribution < 1.29 is 24.5 Å². The van der Waals surface area contributed by atoms with E-state index in [-0.39, 0.29) is 29.6 Å². The Bertz CT molecular complexity index is 926. The number of ether oxygens (including phenoxy) is 1. The molecule has 0 saturated carbocycles. The molecule has 2 N–H and O–H groups in total. The van der Waals surface area contributed by atoms with Crippen molar-refractivity contribution in [3.05, 3.63) is 32.2 Å². The largest absolute Gasteiger partial charge is 0.456 e. The number of aliphatic hydroxyl groups is 2. The second-order valence-corrected chi connectivity index (χ2v) is 11.6. The molecule has 9 heteroatoms. The lowest BCUT2D eigenvalue weighted by Crippen LogP contribution is -2.45. The average Bonchev–Trinajstić information content (AvgIpc) is 3.18. The molecule has 34 heavy (non-hydrogen) atoms. The predicted octanol–water partition coefficient (Wildman–Crippen LogP) is 5.62. The Morgan fingerprint density at radius 2 is 1.97 bits per heavy atom. The van der Waals surface area contributed by atoms with Crippen LogP contribution in [0, 0.1) is 24.2 Å². The van der Waals surface area contributed by atoms with Crippen molar-refractivity contribution in [1.82, 2.24) is 4.98 Å². The van der Waals surface area contributed by atoms with E-state index in [2.05, 4.69) is 4.98 Å². The number of carbonyl (C=O) groups excluding carboxylic acids is 2. The number of carbonyl (C=O) groups is 2. The standard InChI is InChI=1S/C25H35Cl2NO5S/c1-14-7-6-8-17(26)9-10-20(19(27)11-18-13-34-16(3)28-18)33-22(30)12-21(29)25(4,5)24(32)15(2)23(14)31/h9,11,13-15,20-21,23,29,31H,6-8,10,12H2,1-5H3/b17-9+,19-11-/t14-,15+,20-,21-,23-/m0/s1. The van der Waals surface area contributed by atoms with Gasteiger partial charge in [-0.2, -0.15) is 0 Å². The molecular formula is C25H35Cl2NO5S. The van der Waals surface area contributed by atoms with E-state index in [0.717, 1.165) is 11.4 Å². The van der Waals surface area contributed by atoms with Crippen molar-refractivity contribution >= 4 is 52.4 Å². The van der Waals surface area contributed by atoms with E-state index in [0.29, 0.717) is 23.6 Å². The lowest BCUT2D eigenvalue weighted by Gasteiger charge is -2.34. The number of hydrogen-bond acceptors (Lipinski definition) is 7. The second-order valence-electron chi connectivity index (χ2n) is 9.64. The number of cyclic esters (lactones) is 1. The van der Waals surface area contributed by atoms with E-state index in [4.69, 9.17) is 27.9 Å². The fraction of sp³-hybridized carbons (Fsp3) is 0.640. The molecule has 0 bridgehead atoms. The Morgan fingerprint density at radius 1 is 1.29 bits per heavy atom. The molecule has 6 nitrogen and oxygen atoms in total. The highest BCUT2D eigenvalue weighted by Gasteiger charge is 2.42. The van der Waals surface area contributed by atoms with Gasteiger partial charge in [0.1, 0.15) is 11.9 Å². The Labute approximate surface area is 216 Å². The molecule has 1 aromatic heterocycles. The summed E-state index contributed by atoms with van der Waals surface area (Å²) in [5.41, 5.74) is -0.578. The van der Waals surface area contributed by atoms with E-state index in [1.54, 1.807) is 32.9 Å². The summed E-state index contributed by atoms with van der Waals surface area (Å²) in [5.74, 6) is -1.80. The van der Waals surface area contributed by atoms with Gasteiger partial charge in [-0.05, 0) is 38.2 Å². The van der Waals surface area contributed by atoms with Crippen LogP contribution >= 0.6 is 34.5 Å². The third-order valence-corrected chi connectivity index (χ3v) is 7.96. The zero-order chi connectivity index (χ0) is 25.6. The summed E-state index contributed by atoms with van der Waals surface area (Å²) in [4.78, 5) is 30.2. The zero-order valence-corrected chi connectivity index (χ0v) is 22.7. The summed E-state index contributed by atoms with van der Waals surface area (Å²) >= 11 is 14.4. The Morgan fingerprint density at radius 3 is 2.59 bits per heavy atom. The first-order chi connectivity index (χ1) is 15.8. The maximum atomic E-state index is 13.1. The highest BCUT2D eigenvalue weighted by atomic mass is 35.5. The lowest BCUT2D eigenvalue weighted by atomic mass is 9.73. The van der Waals surface area contributed by atoms with Gasteiger partial charge in [-0.1, -0.05) is 57.0 Å². The number of ketones is 1. The number of nitrogens with zero attached hydrogens (tertiary/aromatic N) is 1. The zero-order valence-electron chi connectivity index (χ0n) is 20.4. The molecule has 0 spiro atoms. The minimum absolute atomic E-state index is 0.124. The quantitative estimate of drug-likeness (QED) is 0.480. The second kappa shape index (κ2) is 12.6. The van der Waals surface area contributed by atoms with Crippen LogP contribution in [0.1, 0.15) is 70.5 Å². The number of Topliss-reactive ketones (excluding diaryl/α,β-unsaturated/α-hetero) is 1. The molecule has 0 fully saturated rings. The molecule has 0 amide bonds. The minimum Gasteiger partial charge on any atom is -0.456 e. The Kier molecular flexibility index (Phi) is 10.8. The molecule has 0 unspecified atom stereocenters. The summed E-state index contributed by atoms with van der Waals surface area (Å²) in [6.45, 7) is 8.61. The molecule has 2 rings (SSSR count). The van der Waals surface area contributed by atoms with Crippen molar-refractivity contribution in [3.63, 3.8) is 0 Å². The number of aryl methyl sites for hydroxylation is 1. The summed E-state index contributed by atoms with van der Waals surface area (Å²) < 4.78 is 5.62. The van der Waals surface area contributed by atoms with Crippen LogP contribution in [0.3, 0.4) is 0 Å². The van der Waals surface area contributed by atoms with Crippen LogP contribution in [-0.4, -0.2) is 45.3 Å². The monoisotopic (exact) mass is 531 g/mol. The number of aromatic nitrogens is 1. The fourth-order valence-corrected chi connectivity index (χ4v) is 5.06. The Balaban J connectivity index is 2.33. The van der Waals surface area contributed by atoms with Gasteiger partial charge in [-0.25, -0.2) is 4.98 Å². The fourth-order valence-electron chi connectivity index (χ4n) is 4.02. The topological polar surface area (TPSA) is 96.7 Å². The maximum Gasteiger partial charge on any atom is 0.309 e. The third-order valence-electron chi connectivity index (χ3n) is 6.47. The smallest absolute Gasteiger partial charge is 0.309 e. The van der Waals surface area contributed by atoms with Crippen molar-refractivity contribution in [3.8, 4) is 0 Å².